The Balaban J connectivity index is 2.20. The van der Waals surface area contributed by atoms with E-state index in [9.17, 15) is 4.79 Å². The van der Waals surface area contributed by atoms with Gasteiger partial charge < -0.3 is 11.1 Å². The van der Waals surface area contributed by atoms with Crippen LogP contribution in [0.15, 0.2) is 18.2 Å². The lowest BCUT2D eigenvalue weighted by Gasteiger charge is -2.06. The summed E-state index contributed by atoms with van der Waals surface area (Å²) in [6, 6.07) is 5.45. The van der Waals surface area contributed by atoms with Gasteiger partial charge in [-0.25, -0.2) is 0 Å². The van der Waals surface area contributed by atoms with Gasteiger partial charge in [-0.3, -0.25) is 4.79 Å². The summed E-state index contributed by atoms with van der Waals surface area (Å²) < 4.78 is 0. The van der Waals surface area contributed by atoms with Crippen LogP contribution in [-0.2, 0) is 11.3 Å². The molecule has 5 heteroatoms. The highest BCUT2D eigenvalue weighted by Crippen LogP contribution is 2.20. The maximum Gasteiger partial charge on any atom is 0.217 e. The van der Waals surface area contributed by atoms with E-state index in [1.54, 1.807) is 6.07 Å². The van der Waals surface area contributed by atoms with Crippen LogP contribution in [0.2, 0.25) is 10.0 Å². The molecule has 0 saturated heterocycles. The number of benzene rings is 1. The molecule has 0 aliphatic rings. The minimum Gasteiger partial charge on any atom is -0.370 e. The molecular formula is C12H16Cl2N2O. The number of nitrogens with one attached hydrogen (secondary N) is 1. The van der Waals surface area contributed by atoms with Crippen molar-refractivity contribution in [2.24, 2.45) is 5.73 Å². The van der Waals surface area contributed by atoms with Crippen LogP contribution < -0.4 is 11.1 Å². The monoisotopic (exact) mass is 274 g/mol. The number of rotatable bonds is 7. The normalized spacial score (nSPS) is 10.5. The third-order valence-corrected chi connectivity index (χ3v) is 2.94. The smallest absolute Gasteiger partial charge is 0.217 e. The first-order chi connectivity index (χ1) is 8.09. The van der Waals surface area contributed by atoms with Crippen LogP contribution in [0, 0.1) is 0 Å². The van der Waals surface area contributed by atoms with Crippen LogP contribution in [0.3, 0.4) is 0 Å². The molecule has 0 bridgehead atoms. The topological polar surface area (TPSA) is 55.1 Å². The Bertz CT molecular complexity index is 383. The first kappa shape index (κ1) is 14.3. The van der Waals surface area contributed by atoms with E-state index in [4.69, 9.17) is 28.9 Å². The summed E-state index contributed by atoms with van der Waals surface area (Å²) in [6.45, 7) is 1.54. The van der Waals surface area contributed by atoms with Crippen molar-refractivity contribution < 1.29 is 4.79 Å². The van der Waals surface area contributed by atoms with Gasteiger partial charge in [0.25, 0.3) is 0 Å². The summed E-state index contributed by atoms with van der Waals surface area (Å²) in [7, 11) is 0. The zero-order chi connectivity index (χ0) is 12.7. The van der Waals surface area contributed by atoms with Crippen molar-refractivity contribution in [2.75, 3.05) is 6.54 Å². The van der Waals surface area contributed by atoms with Gasteiger partial charge >= 0.3 is 0 Å². The van der Waals surface area contributed by atoms with Gasteiger partial charge in [-0.15, -0.1) is 0 Å². The van der Waals surface area contributed by atoms with Crippen molar-refractivity contribution in [3.05, 3.63) is 33.8 Å². The van der Waals surface area contributed by atoms with E-state index in [0.717, 1.165) is 24.9 Å². The lowest BCUT2D eigenvalue weighted by Crippen LogP contribution is -2.16. The Hall–Kier alpha value is -0.770. The van der Waals surface area contributed by atoms with E-state index in [1.807, 2.05) is 12.1 Å². The molecule has 0 aromatic heterocycles. The second-order valence-electron chi connectivity index (χ2n) is 3.84. The highest BCUT2D eigenvalue weighted by Gasteiger charge is 2.00. The van der Waals surface area contributed by atoms with Gasteiger partial charge in [0.2, 0.25) is 5.91 Å². The van der Waals surface area contributed by atoms with E-state index in [2.05, 4.69) is 5.32 Å². The average molecular weight is 275 g/mol. The third kappa shape index (κ3) is 5.91. The van der Waals surface area contributed by atoms with Crippen molar-refractivity contribution in [1.29, 1.82) is 0 Å². The molecule has 0 heterocycles. The number of nitrogens with two attached hydrogens (primary N) is 1. The molecule has 0 aliphatic carbocycles. The molecular weight excluding hydrogens is 259 g/mol. The van der Waals surface area contributed by atoms with Crippen molar-refractivity contribution in [1.82, 2.24) is 5.32 Å². The fourth-order valence-electron chi connectivity index (χ4n) is 1.44. The molecule has 3 N–H and O–H groups in total. The largest absolute Gasteiger partial charge is 0.370 e. The van der Waals surface area contributed by atoms with E-state index in [1.165, 1.54) is 0 Å². The highest BCUT2D eigenvalue weighted by atomic mass is 35.5. The summed E-state index contributed by atoms with van der Waals surface area (Å²) in [6.07, 6.45) is 2.19. The van der Waals surface area contributed by atoms with Crippen LogP contribution in [-0.4, -0.2) is 12.5 Å². The number of halogens is 2. The Morgan fingerprint density at radius 3 is 2.71 bits per heavy atom. The quantitative estimate of drug-likeness (QED) is 0.752. The first-order valence-corrected chi connectivity index (χ1v) is 6.28. The molecule has 1 amide bonds. The molecule has 17 heavy (non-hydrogen) atoms. The fourth-order valence-corrected chi connectivity index (χ4v) is 1.91. The molecule has 94 valence electrons. The lowest BCUT2D eigenvalue weighted by molar-refractivity contribution is -0.118. The summed E-state index contributed by atoms with van der Waals surface area (Å²) in [5.74, 6) is -0.245. The Kier molecular flexibility index (Phi) is 6.34. The summed E-state index contributed by atoms with van der Waals surface area (Å²) in [4.78, 5) is 10.5. The minimum absolute atomic E-state index is 0.245. The van der Waals surface area contributed by atoms with Crippen LogP contribution in [0.4, 0.5) is 0 Å². The molecule has 1 aromatic carbocycles. The molecule has 0 unspecified atom stereocenters. The Morgan fingerprint density at radius 1 is 1.29 bits per heavy atom. The molecule has 0 fully saturated rings. The SMILES string of the molecule is NC(=O)CCCCNCc1ccc(Cl)cc1Cl. The van der Waals surface area contributed by atoms with Gasteiger partial charge in [-0.05, 0) is 37.1 Å². The van der Waals surface area contributed by atoms with Crippen molar-refractivity contribution in [2.45, 2.75) is 25.8 Å². The number of carbonyl (C=O) groups excluding carboxylic acids is 1. The van der Waals surface area contributed by atoms with Gasteiger partial charge in [0.1, 0.15) is 0 Å². The minimum atomic E-state index is -0.245. The highest BCUT2D eigenvalue weighted by molar-refractivity contribution is 6.35. The third-order valence-electron chi connectivity index (χ3n) is 2.36. The molecule has 0 saturated carbocycles. The van der Waals surface area contributed by atoms with Crippen LogP contribution in [0.5, 0.6) is 0 Å². The number of hydrogen-bond acceptors (Lipinski definition) is 2. The van der Waals surface area contributed by atoms with E-state index in [0.29, 0.717) is 23.0 Å². The second kappa shape index (κ2) is 7.54. The molecule has 0 atom stereocenters. The average Bonchev–Trinajstić information content (AvgIpc) is 2.25. The molecule has 1 rings (SSSR count). The van der Waals surface area contributed by atoms with Gasteiger partial charge in [-0.2, -0.15) is 0 Å². The molecule has 0 spiro atoms. The van der Waals surface area contributed by atoms with Gasteiger partial charge in [0, 0.05) is 23.0 Å². The van der Waals surface area contributed by atoms with Crippen molar-refractivity contribution in [3.8, 4) is 0 Å². The maximum atomic E-state index is 10.5. The molecule has 3 nitrogen and oxygen atoms in total. The van der Waals surface area contributed by atoms with E-state index >= 15 is 0 Å². The van der Waals surface area contributed by atoms with Gasteiger partial charge in [0.15, 0.2) is 0 Å². The Morgan fingerprint density at radius 2 is 2.06 bits per heavy atom. The van der Waals surface area contributed by atoms with Gasteiger partial charge in [0.05, 0.1) is 0 Å². The van der Waals surface area contributed by atoms with Crippen molar-refractivity contribution in [3.63, 3.8) is 0 Å². The zero-order valence-corrected chi connectivity index (χ0v) is 11.0. The summed E-state index contributed by atoms with van der Waals surface area (Å²) in [5, 5.41) is 4.56. The van der Waals surface area contributed by atoms with Crippen LogP contribution >= 0.6 is 23.2 Å². The lowest BCUT2D eigenvalue weighted by atomic mass is 10.2. The number of carbonyl (C=O) groups is 1. The van der Waals surface area contributed by atoms with Crippen LogP contribution in [0.25, 0.3) is 0 Å². The van der Waals surface area contributed by atoms with E-state index in [-0.39, 0.29) is 5.91 Å². The van der Waals surface area contributed by atoms with Gasteiger partial charge in [-0.1, -0.05) is 29.3 Å². The predicted octanol–water partition coefficient (Wildman–Crippen LogP) is 2.74. The number of unbranched alkanes of at least 4 members (excludes halogenated alkanes) is 1. The fraction of sp³-hybridized carbons (Fsp3) is 0.417. The second-order valence-corrected chi connectivity index (χ2v) is 4.68. The maximum absolute atomic E-state index is 10.5. The first-order valence-electron chi connectivity index (χ1n) is 5.52. The summed E-state index contributed by atoms with van der Waals surface area (Å²) in [5.41, 5.74) is 6.06. The van der Waals surface area contributed by atoms with Crippen molar-refractivity contribution >= 4 is 29.1 Å². The molecule has 0 radical (unpaired) electrons. The Labute approximate surface area is 111 Å². The number of primary amides is 1. The number of hydrogen-bond donors (Lipinski definition) is 2. The zero-order valence-electron chi connectivity index (χ0n) is 9.51. The number of amides is 1. The summed E-state index contributed by atoms with van der Waals surface area (Å²) >= 11 is 11.8. The molecule has 0 aliphatic heterocycles. The van der Waals surface area contributed by atoms with Crippen LogP contribution in [0.1, 0.15) is 24.8 Å². The molecule has 1 aromatic rings. The standard InChI is InChI=1S/C12H16Cl2N2O/c13-10-5-4-9(11(14)7-10)8-16-6-2-1-3-12(15)17/h4-5,7,16H,1-3,6,8H2,(H2,15,17). The predicted molar refractivity (Wildman–Crippen MR) is 71.2 cm³/mol. The van der Waals surface area contributed by atoms with E-state index < -0.39 is 0 Å².